The van der Waals surface area contributed by atoms with E-state index in [1.165, 1.54) is 0 Å². The van der Waals surface area contributed by atoms with E-state index in [1.807, 2.05) is 7.05 Å². The lowest BCUT2D eigenvalue weighted by Gasteiger charge is -2.15. The number of amides is 1. The highest BCUT2D eigenvalue weighted by Gasteiger charge is 2.05. The van der Waals surface area contributed by atoms with Crippen LogP contribution in [0.4, 0.5) is 0 Å². The van der Waals surface area contributed by atoms with E-state index < -0.39 is 0 Å². The molecule has 1 aromatic carbocycles. The third-order valence-corrected chi connectivity index (χ3v) is 2.64. The van der Waals surface area contributed by atoms with Crippen LogP contribution in [0.25, 0.3) is 0 Å². The number of likely N-dealkylation sites (N-methyl/N-ethyl adjacent to an activating group) is 1. The molecule has 0 aromatic heterocycles. The average molecular weight is 251 g/mol. The molecule has 1 rings (SSSR count). The lowest BCUT2D eigenvalue weighted by molar-refractivity contribution is 0.0950. The lowest BCUT2D eigenvalue weighted by atomic mass is 10.2. The molecule has 0 aliphatic heterocycles. The molecular formula is C13H21N3O2. The highest BCUT2D eigenvalue weighted by molar-refractivity contribution is 5.94. The molecule has 0 unspecified atom stereocenters. The van der Waals surface area contributed by atoms with Crippen LogP contribution in [0.2, 0.25) is 0 Å². The number of rotatable bonds is 7. The second-order valence-corrected chi connectivity index (χ2v) is 4.08. The van der Waals surface area contributed by atoms with Crippen molar-refractivity contribution in [1.82, 2.24) is 10.2 Å². The van der Waals surface area contributed by atoms with Crippen molar-refractivity contribution in [2.24, 2.45) is 5.73 Å². The van der Waals surface area contributed by atoms with Crippen LogP contribution in [0.15, 0.2) is 24.3 Å². The van der Waals surface area contributed by atoms with Gasteiger partial charge in [0, 0.05) is 31.7 Å². The van der Waals surface area contributed by atoms with Gasteiger partial charge < -0.3 is 20.7 Å². The molecule has 0 atom stereocenters. The fraction of sp³-hybridized carbons (Fsp3) is 0.462. The predicted molar refractivity (Wildman–Crippen MR) is 71.9 cm³/mol. The van der Waals surface area contributed by atoms with E-state index >= 15 is 0 Å². The van der Waals surface area contributed by atoms with Gasteiger partial charge in [0.1, 0.15) is 5.75 Å². The number of nitrogens with zero attached hydrogens (tertiary/aromatic N) is 1. The Morgan fingerprint density at radius 2 is 2.00 bits per heavy atom. The summed E-state index contributed by atoms with van der Waals surface area (Å²) in [5, 5.41) is 2.86. The van der Waals surface area contributed by atoms with Gasteiger partial charge in [0.2, 0.25) is 0 Å². The Morgan fingerprint density at radius 1 is 1.33 bits per heavy atom. The van der Waals surface area contributed by atoms with Gasteiger partial charge in [-0.05, 0) is 31.3 Å². The van der Waals surface area contributed by atoms with Gasteiger partial charge in [-0.1, -0.05) is 0 Å². The van der Waals surface area contributed by atoms with Crippen LogP contribution in [0.1, 0.15) is 10.4 Å². The summed E-state index contributed by atoms with van der Waals surface area (Å²) in [7, 11) is 3.58. The molecule has 0 heterocycles. The Morgan fingerprint density at radius 3 is 2.56 bits per heavy atom. The number of carbonyl (C=O) groups excluding carboxylic acids is 1. The fourth-order valence-electron chi connectivity index (χ4n) is 1.54. The Labute approximate surface area is 108 Å². The second-order valence-electron chi connectivity index (χ2n) is 4.08. The van der Waals surface area contributed by atoms with E-state index in [1.54, 1.807) is 31.4 Å². The van der Waals surface area contributed by atoms with Crippen molar-refractivity contribution in [3.63, 3.8) is 0 Å². The summed E-state index contributed by atoms with van der Waals surface area (Å²) in [6.07, 6.45) is 0. The SMILES string of the molecule is COc1ccc(C(=O)NCCN(C)CCN)cc1. The first-order valence-corrected chi connectivity index (χ1v) is 5.98. The molecule has 5 heteroatoms. The van der Waals surface area contributed by atoms with Crippen molar-refractivity contribution in [3.8, 4) is 5.75 Å². The predicted octanol–water partition coefficient (Wildman–Crippen LogP) is 0.316. The van der Waals surface area contributed by atoms with Crippen molar-refractivity contribution in [2.45, 2.75) is 0 Å². The van der Waals surface area contributed by atoms with Gasteiger partial charge in [-0.25, -0.2) is 0 Å². The lowest BCUT2D eigenvalue weighted by Crippen LogP contribution is -2.35. The van der Waals surface area contributed by atoms with Crippen molar-refractivity contribution in [1.29, 1.82) is 0 Å². The summed E-state index contributed by atoms with van der Waals surface area (Å²) in [4.78, 5) is 13.9. The smallest absolute Gasteiger partial charge is 0.251 e. The van der Waals surface area contributed by atoms with E-state index in [9.17, 15) is 4.79 Å². The van der Waals surface area contributed by atoms with Gasteiger partial charge in [-0.15, -0.1) is 0 Å². The Hall–Kier alpha value is -1.59. The standard InChI is InChI=1S/C13H21N3O2/c1-16(9-7-14)10-8-15-13(17)11-3-5-12(18-2)6-4-11/h3-6H,7-10,14H2,1-2H3,(H,15,17). The van der Waals surface area contributed by atoms with Gasteiger partial charge in [-0.3, -0.25) is 4.79 Å². The topological polar surface area (TPSA) is 67.6 Å². The molecule has 0 spiro atoms. The minimum atomic E-state index is -0.0706. The van der Waals surface area contributed by atoms with Gasteiger partial charge in [0.15, 0.2) is 0 Å². The third-order valence-electron chi connectivity index (χ3n) is 2.64. The van der Waals surface area contributed by atoms with Crippen LogP contribution in [0.3, 0.4) is 0 Å². The van der Waals surface area contributed by atoms with Crippen LogP contribution >= 0.6 is 0 Å². The summed E-state index contributed by atoms with van der Waals surface area (Å²) in [6.45, 7) is 2.86. The number of benzene rings is 1. The van der Waals surface area contributed by atoms with E-state index in [0.717, 1.165) is 18.8 Å². The molecular weight excluding hydrogens is 230 g/mol. The molecule has 18 heavy (non-hydrogen) atoms. The zero-order valence-corrected chi connectivity index (χ0v) is 11.0. The summed E-state index contributed by atoms with van der Waals surface area (Å²) < 4.78 is 5.04. The third kappa shape index (κ3) is 4.73. The molecule has 3 N–H and O–H groups in total. The first kappa shape index (κ1) is 14.5. The normalized spacial score (nSPS) is 10.4. The second kappa shape index (κ2) is 7.68. The highest BCUT2D eigenvalue weighted by Crippen LogP contribution is 2.10. The molecule has 1 aromatic rings. The minimum absolute atomic E-state index is 0.0706. The van der Waals surface area contributed by atoms with Crippen molar-refractivity contribution < 1.29 is 9.53 Å². The van der Waals surface area contributed by atoms with Crippen molar-refractivity contribution >= 4 is 5.91 Å². The van der Waals surface area contributed by atoms with E-state index in [2.05, 4.69) is 10.2 Å². The van der Waals surface area contributed by atoms with Gasteiger partial charge in [0.05, 0.1) is 7.11 Å². The van der Waals surface area contributed by atoms with Crippen LogP contribution in [0.5, 0.6) is 5.75 Å². The molecule has 100 valence electrons. The average Bonchev–Trinajstić information content (AvgIpc) is 2.39. The van der Waals surface area contributed by atoms with Crippen molar-refractivity contribution in [3.05, 3.63) is 29.8 Å². The number of methoxy groups -OCH3 is 1. The van der Waals surface area contributed by atoms with Crippen LogP contribution in [-0.2, 0) is 0 Å². The quantitative estimate of drug-likeness (QED) is 0.732. The van der Waals surface area contributed by atoms with Gasteiger partial charge in [0.25, 0.3) is 5.91 Å². The number of nitrogens with one attached hydrogen (secondary N) is 1. The summed E-state index contributed by atoms with van der Waals surface area (Å²) >= 11 is 0. The fourth-order valence-corrected chi connectivity index (χ4v) is 1.54. The number of hydrogen-bond donors (Lipinski definition) is 2. The molecule has 0 radical (unpaired) electrons. The van der Waals surface area contributed by atoms with Crippen LogP contribution < -0.4 is 15.8 Å². The number of carbonyl (C=O) groups is 1. The van der Waals surface area contributed by atoms with E-state index in [0.29, 0.717) is 18.7 Å². The van der Waals surface area contributed by atoms with Crippen LogP contribution in [-0.4, -0.2) is 51.1 Å². The Balaban J connectivity index is 2.35. The molecule has 0 saturated heterocycles. The van der Waals surface area contributed by atoms with Gasteiger partial charge in [-0.2, -0.15) is 0 Å². The Bertz CT molecular complexity index is 365. The Kier molecular flexibility index (Phi) is 6.18. The van der Waals surface area contributed by atoms with Crippen LogP contribution in [0, 0.1) is 0 Å². The minimum Gasteiger partial charge on any atom is -0.497 e. The summed E-state index contributed by atoms with van der Waals surface area (Å²) in [5.41, 5.74) is 6.07. The van der Waals surface area contributed by atoms with E-state index in [4.69, 9.17) is 10.5 Å². The highest BCUT2D eigenvalue weighted by atomic mass is 16.5. The maximum Gasteiger partial charge on any atom is 0.251 e. The monoisotopic (exact) mass is 251 g/mol. The molecule has 0 fully saturated rings. The zero-order chi connectivity index (χ0) is 13.4. The summed E-state index contributed by atoms with van der Waals surface area (Å²) in [6, 6.07) is 7.04. The number of hydrogen-bond acceptors (Lipinski definition) is 4. The molecule has 0 aliphatic carbocycles. The van der Waals surface area contributed by atoms with Gasteiger partial charge >= 0.3 is 0 Å². The summed E-state index contributed by atoms with van der Waals surface area (Å²) in [5.74, 6) is 0.674. The molecule has 0 aliphatic rings. The maximum absolute atomic E-state index is 11.8. The zero-order valence-electron chi connectivity index (χ0n) is 11.0. The molecule has 0 bridgehead atoms. The molecule has 1 amide bonds. The largest absolute Gasteiger partial charge is 0.497 e. The van der Waals surface area contributed by atoms with E-state index in [-0.39, 0.29) is 5.91 Å². The molecule has 5 nitrogen and oxygen atoms in total. The first-order valence-electron chi connectivity index (χ1n) is 5.98. The number of nitrogens with two attached hydrogens (primary N) is 1. The molecule has 0 saturated carbocycles. The maximum atomic E-state index is 11.8. The van der Waals surface area contributed by atoms with Crippen molar-refractivity contribution in [2.75, 3.05) is 40.3 Å². The first-order chi connectivity index (χ1) is 8.67. The number of ether oxygens (including phenoxy) is 1.